The van der Waals surface area contributed by atoms with Crippen molar-refractivity contribution in [2.75, 3.05) is 39.8 Å². The van der Waals surface area contributed by atoms with E-state index >= 15 is 0 Å². The second kappa shape index (κ2) is 8.47. The van der Waals surface area contributed by atoms with Gasteiger partial charge in [-0.1, -0.05) is 24.3 Å². The summed E-state index contributed by atoms with van der Waals surface area (Å²) in [7, 11) is -1.77. The van der Waals surface area contributed by atoms with Crippen LogP contribution in [0.1, 0.15) is 5.56 Å². The maximum Gasteiger partial charge on any atom is 0.277 e. The number of carbonyl (C=O) groups is 1. The van der Waals surface area contributed by atoms with Gasteiger partial charge in [-0.25, -0.2) is 12.8 Å². The minimum absolute atomic E-state index is 0.0807. The number of thiophene rings is 1. The van der Waals surface area contributed by atoms with E-state index in [9.17, 15) is 17.6 Å². The van der Waals surface area contributed by atoms with Gasteiger partial charge in [0, 0.05) is 19.2 Å². The van der Waals surface area contributed by atoms with Gasteiger partial charge < -0.3 is 9.80 Å². The molecule has 146 valence electrons. The Morgan fingerprint density at radius 1 is 1.22 bits per heavy atom. The average Bonchev–Trinajstić information content (AvgIpc) is 3.19. The van der Waals surface area contributed by atoms with E-state index in [1.54, 1.807) is 42.8 Å². The van der Waals surface area contributed by atoms with Crippen molar-refractivity contribution >= 4 is 27.3 Å². The first-order chi connectivity index (χ1) is 12.9. The Labute approximate surface area is 162 Å². The average molecular weight is 413 g/mol. The third kappa shape index (κ3) is 4.73. The van der Waals surface area contributed by atoms with E-state index in [4.69, 9.17) is 0 Å². The lowest BCUT2D eigenvalue weighted by molar-refractivity contribution is -0.896. The highest BCUT2D eigenvalue weighted by atomic mass is 32.2. The molecule has 27 heavy (non-hydrogen) atoms. The van der Waals surface area contributed by atoms with Gasteiger partial charge in [-0.05, 0) is 17.5 Å². The molecule has 1 N–H and O–H groups in total. The first-order valence-corrected chi connectivity index (χ1v) is 11.0. The molecule has 1 aromatic heterocycles. The molecule has 1 aromatic carbocycles. The van der Waals surface area contributed by atoms with Gasteiger partial charge in [0.05, 0.1) is 26.2 Å². The van der Waals surface area contributed by atoms with Crippen LogP contribution in [0.3, 0.4) is 0 Å². The van der Waals surface area contributed by atoms with Crippen LogP contribution in [0.4, 0.5) is 4.39 Å². The summed E-state index contributed by atoms with van der Waals surface area (Å²) in [6.45, 7) is 2.42. The fourth-order valence-corrected chi connectivity index (χ4v) is 5.66. The standard InChI is InChI=1S/C18H22FN3O3S2/c1-20(13-15-5-2-3-6-16(15)19)17(23)14-21-8-10-22(11-9-21)27(24,25)18-7-4-12-26-18/h2-7,12H,8-11,13-14H2,1H3/p+1. The summed E-state index contributed by atoms with van der Waals surface area (Å²) in [6.07, 6.45) is 0. The van der Waals surface area contributed by atoms with Gasteiger partial charge in [0.2, 0.25) is 0 Å². The Morgan fingerprint density at radius 2 is 1.93 bits per heavy atom. The molecule has 1 fully saturated rings. The molecule has 0 unspecified atom stereocenters. The van der Waals surface area contributed by atoms with Crippen molar-refractivity contribution in [3.63, 3.8) is 0 Å². The minimum atomic E-state index is -3.43. The van der Waals surface area contributed by atoms with E-state index in [1.807, 2.05) is 0 Å². The third-order valence-corrected chi connectivity index (χ3v) is 7.98. The number of rotatable bonds is 6. The van der Waals surface area contributed by atoms with Crippen molar-refractivity contribution in [1.29, 1.82) is 0 Å². The number of nitrogens with one attached hydrogen (secondary N) is 1. The summed E-state index contributed by atoms with van der Waals surface area (Å²) in [5.74, 6) is -0.403. The Balaban J connectivity index is 1.51. The number of nitrogens with zero attached hydrogens (tertiary/aromatic N) is 2. The van der Waals surface area contributed by atoms with E-state index in [2.05, 4.69) is 0 Å². The summed E-state index contributed by atoms with van der Waals surface area (Å²) in [5, 5.41) is 1.75. The molecule has 3 rings (SSSR count). The highest BCUT2D eigenvalue weighted by Crippen LogP contribution is 2.20. The highest BCUT2D eigenvalue weighted by Gasteiger charge is 2.32. The van der Waals surface area contributed by atoms with Gasteiger partial charge >= 0.3 is 0 Å². The largest absolute Gasteiger partial charge is 0.336 e. The van der Waals surface area contributed by atoms with E-state index < -0.39 is 10.0 Å². The van der Waals surface area contributed by atoms with Crippen LogP contribution in [0.15, 0.2) is 46.0 Å². The number of piperazine rings is 1. The van der Waals surface area contributed by atoms with E-state index in [0.717, 1.165) is 4.90 Å². The number of sulfonamides is 1. The zero-order valence-corrected chi connectivity index (χ0v) is 16.7. The molecule has 2 heterocycles. The first kappa shape index (κ1) is 19.9. The molecule has 9 heteroatoms. The van der Waals surface area contributed by atoms with Crippen molar-refractivity contribution in [2.45, 2.75) is 10.8 Å². The number of halogens is 1. The molecule has 0 saturated carbocycles. The van der Waals surface area contributed by atoms with E-state index in [0.29, 0.717) is 36.0 Å². The molecule has 6 nitrogen and oxygen atoms in total. The number of hydrogen-bond donors (Lipinski definition) is 1. The fraction of sp³-hybridized carbons (Fsp3) is 0.389. The van der Waals surface area contributed by atoms with Crippen LogP contribution in [0.25, 0.3) is 0 Å². The van der Waals surface area contributed by atoms with Gasteiger partial charge in [0.1, 0.15) is 10.0 Å². The smallest absolute Gasteiger partial charge is 0.277 e. The number of benzene rings is 1. The Morgan fingerprint density at radius 3 is 2.56 bits per heavy atom. The normalized spacial score (nSPS) is 16.4. The molecule has 0 atom stereocenters. The first-order valence-electron chi connectivity index (χ1n) is 8.72. The Bertz CT molecular complexity index is 879. The van der Waals surface area contributed by atoms with Crippen molar-refractivity contribution in [2.24, 2.45) is 0 Å². The van der Waals surface area contributed by atoms with Gasteiger partial charge in [0.15, 0.2) is 6.54 Å². The molecular formula is C18H23FN3O3S2+. The quantitative estimate of drug-likeness (QED) is 0.749. The second-order valence-electron chi connectivity index (χ2n) is 6.60. The van der Waals surface area contributed by atoms with Crippen LogP contribution in [-0.4, -0.2) is 63.3 Å². The molecular weight excluding hydrogens is 389 g/mol. The summed E-state index contributed by atoms with van der Waals surface area (Å²) in [5.41, 5.74) is 0.482. The summed E-state index contributed by atoms with van der Waals surface area (Å²) < 4.78 is 40.6. The van der Waals surface area contributed by atoms with Crippen molar-refractivity contribution in [1.82, 2.24) is 9.21 Å². The number of likely N-dealkylation sites (N-methyl/N-ethyl adjacent to an activating group) is 1. The van der Waals surface area contributed by atoms with Crippen LogP contribution >= 0.6 is 11.3 Å². The van der Waals surface area contributed by atoms with Gasteiger partial charge in [0.25, 0.3) is 15.9 Å². The Kier molecular flexibility index (Phi) is 6.25. The lowest BCUT2D eigenvalue weighted by Crippen LogP contribution is -3.15. The minimum Gasteiger partial charge on any atom is -0.336 e. The molecule has 0 bridgehead atoms. The van der Waals surface area contributed by atoms with Gasteiger partial charge in [-0.2, -0.15) is 4.31 Å². The lowest BCUT2D eigenvalue weighted by atomic mass is 10.2. The number of hydrogen-bond acceptors (Lipinski definition) is 4. The van der Waals surface area contributed by atoms with E-state index in [-0.39, 0.29) is 24.8 Å². The monoisotopic (exact) mass is 412 g/mol. The van der Waals surface area contributed by atoms with Crippen molar-refractivity contribution in [3.8, 4) is 0 Å². The van der Waals surface area contributed by atoms with E-state index in [1.165, 1.54) is 26.6 Å². The number of carbonyl (C=O) groups excluding carboxylic acids is 1. The summed E-state index contributed by atoms with van der Waals surface area (Å²) >= 11 is 1.21. The van der Waals surface area contributed by atoms with Crippen LogP contribution < -0.4 is 4.90 Å². The highest BCUT2D eigenvalue weighted by molar-refractivity contribution is 7.91. The summed E-state index contributed by atoms with van der Waals surface area (Å²) in [4.78, 5) is 15.0. The maximum absolute atomic E-state index is 13.7. The maximum atomic E-state index is 13.7. The summed E-state index contributed by atoms with van der Waals surface area (Å²) in [6, 6.07) is 9.75. The van der Waals surface area contributed by atoms with Crippen molar-refractivity contribution in [3.05, 3.63) is 53.2 Å². The SMILES string of the molecule is CN(Cc1ccccc1F)C(=O)C[NH+]1CCN(S(=O)(=O)c2cccs2)CC1. The number of amides is 1. The van der Waals surface area contributed by atoms with Crippen LogP contribution in [-0.2, 0) is 21.4 Å². The predicted octanol–water partition coefficient (Wildman–Crippen LogP) is 0.435. The zero-order chi connectivity index (χ0) is 19.4. The predicted molar refractivity (Wildman–Crippen MR) is 102 cm³/mol. The van der Waals surface area contributed by atoms with Gasteiger partial charge in [-0.15, -0.1) is 11.3 Å². The third-order valence-electron chi connectivity index (χ3n) is 4.71. The van der Waals surface area contributed by atoms with Crippen LogP contribution in [0.5, 0.6) is 0 Å². The fourth-order valence-electron chi connectivity index (χ4n) is 3.08. The molecule has 1 saturated heterocycles. The molecule has 0 spiro atoms. The van der Waals surface area contributed by atoms with Crippen molar-refractivity contribution < 1.29 is 22.5 Å². The lowest BCUT2D eigenvalue weighted by Gasteiger charge is -2.31. The molecule has 1 amide bonds. The van der Waals surface area contributed by atoms with Crippen LogP contribution in [0.2, 0.25) is 0 Å². The zero-order valence-electron chi connectivity index (χ0n) is 15.1. The molecule has 0 radical (unpaired) electrons. The second-order valence-corrected chi connectivity index (χ2v) is 9.72. The molecule has 0 aliphatic carbocycles. The molecule has 1 aliphatic rings. The number of quaternary nitrogens is 1. The van der Waals surface area contributed by atoms with Crippen LogP contribution in [0, 0.1) is 5.82 Å². The Hall–Kier alpha value is -1.81. The molecule has 2 aromatic rings. The molecule has 1 aliphatic heterocycles. The van der Waals surface area contributed by atoms with Gasteiger partial charge in [-0.3, -0.25) is 4.79 Å². The topological polar surface area (TPSA) is 62.1 Å².